The Balaban J connectivity index is 5.29. The monoisotopic (exact) mass is 228 g/mol. The largest absolute Gasteiger partial charge is 0.431 e. The maximum absolute atomic E-state index is 11.8. The van der Waals surface area contributed by atoms with E-state index < -0.39 is 24.2 Å². The van der Waals surface area contributed by atoms with Gasteiger partial charge >= 0.3 is 18.0 Å². The van der Waals surface area contributed by atoms with Gasteiger partial charge in [0, 0.05) is 7.11 Å². The van der Waals surface area contributed by atoms with Gasteiger partial charge in [0.2, 0.25) is 6.29 Å². The van der Waals surface area contributed by atoms with Gasteiger partial charge in [-0.1, -0.05) is 0 Å². The van der Waals surface area contributed by atoms with Gasteiger partial charge in [-0.15, -0.1) is 0 Å². The van der Waals surface area contributed by atoms with Crippen LogP contribution < -0.4 is 0 Å². The van der Waals surface area contributed by atoms with E-state index in [-0.39, 0.29) is 0 Å². The molecular weight excluding hydrogens is 222 g/mol. The van der Waals surface area contributed by atoms with Crippen LogP contribution in [0.5, 0.6) is 0 Å². The molecule has 0 aromatic carbocycles. The van der Waals surface area contributed by atoms with Crippen molar-refractivity contribution in [3.63, 3.8) is 0 Å². The van der Waals surface area contributed by atoms with Crippen molar-refractivity contribution in [2.45, 2.75) is 24.2 Å². The molecule has 0 saturated carbocycles. The van der Waals surface area contributed by atoms with Crippen LogP contribution in [0.25, 0.3) is 0 Å². The molecule has 0 rings (SSSR count). The molecule has 0 aliphatic heterocycles. The molecule has 86 valence electrons. The van der Waals surface area contributed by atoms with Crippen LogP contribution in [0.1, 0.15) is 0 Å². The summed E-state index contributed by atoms with van der Waals surface area (Å²) in [6.45, 7) is 0. The zero-order valence-corrected chi connectivity index (χ0v) is 6.65. The van der Waals surface area contributed by atoms with E-state index in [0.717, 1.165) is 0 Å². The van der Waals surface area contributed by atoms with Gasteiger partial charge in [0.1, 0.15) is 0 Å². The first-order valence-corrected chi connectivity index (χ1v) is 3.05. The first kappa shape index (κ1) is 13.5. The zero-order valence-electron chi connectivity index (χ0n) is 6.65. The van der Waals surface area contributed by atoms with Gasteiger partial charge in [0.25, 0.3) is 0 Å². The summed E-state index contributed by atoms with van der Waals surface area (Å²) in [5, 5.41) is 16.7. The SMILES string of the molecule is COC(O)C(O)(C(F)(F)F)C(F)(F)F. The number of methoxy groups -OCH3 is 1. The summed E-state index contributed by atoms with van der Waals surface area (Å²) in [6, 6.07) is 0. The third kappa shape index (κ3) is 1.93. The van der Waals surface area contributed by atoms with Gasteiger partial charge in [0.15, 0.2) is 0 Å². The molecule has 3 nitrogen and oxygen atoms in total. The fourth-order valence-corrected chi connectivity index (χ4v) is 0.611. The first-order valence-electron chi connectivity index (χ1n) is 3.05. The molecule has 0 aliphatic rings. The van der Waals surface area contributed by atoms with E-state index in [2.05, 4.69) is 4.74 Å². The summed E-state index contributed by atoms with van der Waals surface area (Å²) >= 11 is 0. The molecule has 9 heteroatoms. The van der Waals surface area contributed by atoms with Crippen molar-refractivity contribution in [3.05, 3.63) is 0 Å². The molecule has 1 atom stereocenters. The number of rotatable bonds is 2. The lowest BCUT2D eigenvalue weighted by Gasteiger charge is -2.34. The Hall–Kier alpha value is -0.540. The molecule has 0 spiro atoms. The Morgan fingerprint density at radius 1 is 1.00 bits per heavy atom. The summed E-state index contributed by atoms with van der Waals surface area (Å²) in [5.74, 6) is 0. The number of ether oxygens (including phenoxy) is 1. The highest BCUT2D eigenvalue weighted by molar-refractivity contribution is 4.96. The van der Waals surface area contributed by atoms with Gasteiger partial charge in [-0.05, 0) is 0 Å². The Labute approximate surface area is 73.9 Å². The molecule has 0 amide bonds. The molecule has 0 saturated heterocycles. The van der Waals surface area contributed by atoms with Crippen molar-refractivity contribution >= 4 is 0 Å². The van der Waals surface area contributed by atoms with E-state index in [4.69, 9.17) is 10.2 Å². The second-order valence-corrected chi connectivity index (χ2v) is 2.35. The van der Waals surface area contributed by atoms with Crippen molar-refractivity contribution in [1.82, 2.24) is 0 Å². The van der Waals surface area contributed by atoms with Crippen LogP contribution in [0.2, 0.25) is 0 Å². The third-order valence-electron chi connectivity index (χ3n) is 1.44. The van der Waals surface area contributed by atoms with Crippen LogP contribution in [-0.4, -0.2) is 41.6 Å². The van der Waals surface area contributed by atoms with Crippen molar-refractivity contribution in [1.29, 1.82) is 0 Å². The number of alkyl halides is 6. The molecule has 0 aliphatic carbocycles. The van der Waals surface area contributed by atoms with Crippen LogP contribution >= 0.6 is 0 Å². The van der Waals surface area contributed by atoms with Gasteiger partial charge in [-0.25, -0.2) is 0 Å². The molecule has 0 aromatic heterocycles. The Morgan fingerprint density at radius 3 is 1.36 bits per heavy atom. The summed E-state index contributed by atoms with van der Waals surface area (Å²) in [5.41, 5.74) is -5.28. The predicted octanol–water partition coefficient (Wildman–Crippen LogP) is 0.807. The summed E-state index contributed by atoms with van der Waals surface area (Å²) in [6.07, 6.45) is -15.6. The first-order chi connectivity index (χ1) is 5.98. The average molecular weight is 228 g/mol. The number of hydrogen-bond donors (Lipinski definition) is 2. The van der Waals surface area contributed by atoms with Crippen molar-refractivity contribution in [2.75, 3.05) is 7.11 Å². The van der Waals surface area contributed by atoms with Gasteiger partial charge in [-0.3, -0.25) is 0 Å². The minimum absolute atomic E-state index is 0.396. The highest BCUT2D eigenvalue weighted by Crippen LogP contribution is 2.45. The Bertz CT molecular complexity index is 183. The predicted molar refractivity (Wildman–Crippen MR) is 30.1 cm³/mol. The number of hydrogen-bond acceptors (Lipinski definition) is 3. The summed E-state index contributed by atoms with van der Waals surface area (Å²) in [7, 11) is 0.396. The minimum Gasteiger partial charge on any atom is -0.370 e. The van der Waals surface area contributed by atoms with Crippen molar-refractivity contribution in [2.24, 2.45) is 0 Å². The third-order valence-corrected chi connectivity index (χ3v) is 1.44. The molecule has 2 N–H and O–H groups in total. The van der Waals surface area contributed by atoms with Crippen molar-refractivity contribution < 1.29 is 41.3 Å². The number of aliphatic hydroxyl groups is 2. The van der Waals surface area contributed by atoms with E-state index in [1.54, 1.807) is 0 Å². The molecule has 14 heavy (non-hydrogen) atoms. The topological polar surface area (TPSA) is 49.7 Å². The van der Waals surface area contributed by atoms with E-state index in [1.807, 2.05) is 0 Å². The van der Waals surface area contributed by atoms with Gasteiger partial charge < -0.3 is 14.9 Å². The normalized spacial score (nSPS) is 16.9. The van der Waals surface area contributed by atoms with Crippen LogP contribution in [0.3, 0.4) is 0 Å². The van der Waals surface area contributed by atoms with E-state index >= 15 is 0 Å². The number of aliphatic hydroxyl groups excluding tert-OH is 1. The second-order valence-electron chi connectivity index (χ2n) is 2.35. The average Bonchev–Trinajstić information content (AvgIpc) is 1.97. The highest BCUT2D eigenvalue weighted by atomic mass is 19.4. The minimum atomic E-state index is -6.08. The molecule has 0 radical (unpaired) electrons. The maximum Gasteiger partial charge on any atom is 0.431 e. The van der Waals surface area contributed by atoms with Crippen LogP contribution in [0.4, 0.5) is 26.3 Å². The lowest BCUT2D eigenvalue weighted by molar-refractivity contribution is -0.418. The Morgan fingerprint density at radius 2 is 1.29 bits per heavy atom. The summed E-state index contributed by atoms with van der Waals surface area (Å²) < 4.78 is 74.4. The lowest BCUT2D eigenvalue weighted by atomic mass is 10.0. The molecule has 0 bridgehead atoms. The molecule has 1 unspecified atom stereocenters. The molecule has 0 aromatic rings. The standard InChI is InChI=1S/C5H6F6O3/c1-14-2(12)3(13,4(6,7)8)5(9,10)11/h2,12-13H,1H3. The maximum atomic E-state index is 11.8. The van der Waals surface area contributed by atoms with E-state index in [1.165, 1.54) is 0 Å². The van der Waals surface area contributed by atoms with Gasteiger partial charge in [0.05, 0.1) is 0 Å². The van der Waals surface area contributed by atoms with E-state index in [9.17, 15) is 26.3 Å². The fourth-order valence-electron chi connectivity index (χ4n) is 0.611. The van der Waals surface area contributed by atoms with Gasteiger partial charge in [-0.2, -0.15) is 26.3 Å². The van der Waals surface area contributed by atoms with E-state index in [0.29, 0.717) is 7.11 Å². The lowest BCUT2D eigenvalue weighted by Crippen LogP contribution is -2.64. The molecule has 0 heterocycles. The molecule has 0 fully saturated rings. The van der Waals surface area contributed by atoms with Crippen LogP contribution in [0, 0.1) is 0 Å². The molecular formula is C5H6F6O3. The smallest absolute Gasteiger partial charge is 0.370 e. The Kier molecular flexibility index (Phi) is 3.42. The zero-order chi connectivity index (χ0) is 11.8. The fraction of sp³-hybridized carbons (Fsp3) is 1.00. The van der Waals surface area contributed by atoms with Crippen LogP contribution in [0.15, 0.2) is 0 Å². The summed E-state index contributed by atoms with van der Waals surface area (Å²) in [4.78, 5) is 0. The van der Waals surface area contributed by atoms with Crippen molar-refractivity contribution in [3.8, 4) is 0 Å². The second kappa shape index (κ2) is 3.55. The quantitative estimate of drug-likeness (QED) is 0.543. The number of halogens is 6. The van der Waals surface area contributed by atoms with Crippen LogP contribution in [-0.2, 0) is 4.74 Å². The highest BCUT2D eigenvalue weighted by Gasteiger charge is 2.74.